The van der Waals surface area contributed by atoms with Crippen molar-refractivity contribution in [2.24, 2.45) is 0 Å². The van der Waals surface area contributed by atoms with E-state index in [-0.39, 0.29) is 5.92 Å². The number of aromatic nitrogens is 1. The Balaban J connectivity index is 2.13. The van der Waals surface area contributed by atoms with E-state index in [1.807, 2.05) is 50.2 Å². The van der Waals surface area contributed by atoms with E-state index < -0.39 is 0 Å². The lowest BCUT2D eigenvalue weighted by Gasteiger charge is -2.08. The van der Waals surface area contributed by atoms with Crippen LogP contribution in [0, 0.1) is 0 Å². The van der Waals surface area contributed by atoms with Crippen molar-refractivity contribution in [3.05, 3.63) is 48.0 Å². The number of rotatable bonds is 2. The van der Waals surface area contributed by atoms with E-state index in [4.69, 9.17) is 4.42 Å². The van der Waals surface area contributed by atoms with Crippen molar-refractivity contribution in [2.45, 2.75) is 19.8 Å². The number of fused-ring (bicyclic) bond motifs is 1. The van der Waals surface area contributed by atoms with Gasteiger partial charge in [0, 0.05) is 5.56 Å². The van der Waals surface area contributed by atoms with Gasteiger partial charge < -0.3 is 9.52 Å². The van der Waals surface area contributed by atoms with Gasteiger partial charge in [0.25, 0.3) is 0 Å². The maximum Gasteiger partial charge on any atom is 0.227 e. The third-order valence-electron chi connectivity index (χ3n) is 3.19. The van der Waals surface area contributed by atoms with E-state index in [1.54, 1.807) is 6.07 Å². The molecule has 0 spiro atoms. The molecule has 1 heterocycles. The molecular weight excluding hydrogens is 238 g/mol. The van der Waals surface area contributed by atoms with E-state index in [0.717, 1.165) is 22.2 Å². The average molecular weight is 253 g/mol. The molecule has 0 aliphatic carbocycles. The van der Waals surface area contributed by atoms with Crippen LogP contribution < -0.4 is 0 Å². The monoisotopic (exact) mass is 253 g/mol. The minimum atomic E-state index is 0.254. The number of hydrogen-bond acceptors (Lipinski definition) is 3. The maximum absolute atomic E-state index is 9.84. The van der Waals surface area contributed by atoms with Crippen molar-refractivity contribution in [1.82, 2.24) is 4.98 Å². The third-order valence-corrected chi connectivity index (χ3v) is 3.19. The number of para-hydroxylation sites is 2. The molecular formula is C16H15NO2. The molecule has 0 radical (unpaired) electrons. The molecule has 0 atom stereocenters. The van der Waals surface area contributed by atoms with Crippen molar-refractivity contribution in [3.63, 3.8) is 0 Å². The first kappa shape index (κ1) is 11.8. The van der Waals surface area contributed by atoms with Crippen molar-refractivity contribution in [1.29, 1.82) is 0 Å². The number of benzene rings is 2. The molecule has 0 fully saturated rings. The molecule has 0 aliphatic rings. The lowest BCUT2D eigenvalue weighted by atomic mass is 9.99. The zero-order valence-electron chi connectivity index (χ0n) is 10.9. The molecule has 3 heteroatoms. The van der Waals surface area contributed by atoms with E-state index >= 15 is 0 Å². The summed E-state index contributed by atoms with van der Waals surface area (Å²) in [5, 5.41) is 9.84. The molecule has 3 aromatic rings. The van der Waals surface area contributed by atoms with Gasteiger partial charge >= 0.3 is 0 Å². The molecule has 0 saturated carbocycles. The first-order valence-electron chi connectivity index (χ1n) is 6.34. The average Bonchev–Trinajstić information content (AvgIpc) is 2.82. The Kier molecular flexibility index (Phi) is 2.75. The predicted molar refractivity (Wildman–Crippen MR) is 75.2 cm³/mol. The second-order valence-electron chi connectivity index (χ2n) is 4.92. The minimum absolute atomic E-state index is 0.254. The number of aromatic hydroxyl groups is 1. The Morgan fingerprint density at radius 1 is 1.11 bits per heavy atom. The van der Waals surface area contributed by atoms with Gasteiger partial charge in [0.15, 0.2) is 5.58 Å². The molecule has 0 amide bonds. The van der Waals surface area contributed by atoms with E-state index in [1.165, 1.54) is 0 Å². The van der Waals surface area contributed by atoms with Gasteiger partial charge in [0.1, 0.15) is 11.3 Å². The van der Waals surface area contributed by atoms with Crippen LogP contribution in [0.2, 0.25) is 0 Å². The summed E-state index contributed by atoms with van der Waals surface area (Å²) in [7, 11) is 0. The Labute approximate surface area is 111 Å². The van der Waals surface area contributed by atoms with Gasteiger partial charge in [0.2, 0.25) is 5.89 Å². The van der Waals surface area contributed by atoms with Crippen LogP contribution in [0.25, 0.3) is 22.6 Å². The topological polar surface area (TPSA) is 46.3 Å². The highest BCUT2D eigenvalue weighted by Gasteiger charge is 2.12. The Hall–Kier alpha value is -2.29. The van der Waals surface area contributed by atoms with Crippen molar-refractivity contribution in [3.8, 4) is 17.2 Å². The molecule has 1 N–H and O–H groups in total. The third kappa shape index (κ3) is 2.08. The molecule has 3 nitrogen and oxygen atoms in total. The van der Waals surface area contributed by atoms with E-state index in [2.05, 4.69) is 4.98 Å². The van der Waals surface area contributed by atoms with E-state index in [9.17, 15) is 5.11 Å². The number of oxazole rings is 1. The molecule has 0 saturated heterocycles. The van der Waals surface area contributed by atoms with Gasteiger partial charge in [-0.25, -0.2) is 4.98 Å². The summed E-state index contributed by atoms with van der Waals surface area (Å²) in [6.45, 7) is 4.09. The molecule has 0 aliphatic heterocycles. The highest BCUT2D eigenvalue weighted by molar-refractivity contribution is 5.76. The summed E-state index contributed by atoms with van der Waals surface area (Å²) in [6, 6.07) is 13.1. The Morgan fingerprint density at radius 3 is 2.63 bits per heavy atom. The van der Waals surface area contributed by atoms with Gasteiger partial charge in [-0.2, -0.15) is 0 Å². The second kappa shape index (κ2) is 4.43. The highest BCUT2D eigenvalue weighted by Crippen LogP contribution is 2.31. The predicted octanol–water partition coefficient (Wildman–Crippen LogP) is 4.32. The van der Waals surface area contributed by atoms with Crippen LogP contribution in [0.4, 0.5) is 0 Å². The van der Waals surface area contributed by atoms with E-state index in [0.29, 0.717) is 11.6 Å². The summed E-state index contributed by atoms with van der Waals surface area (Å²) in [5.74, 6) is 1.15. The van der Waals surface area contributed by atoms with Crippen LogP contribution in [0.15, 0.2) is 46.9 Å². The first-order chi connectivity index (χ1) is 9.15. The zero-order chi connectivity index (χ0) is 13.4. The molecule has 19 heavy (non-hydrogen) atoms. The highest BCUT2D eigenvalue weighted by atomic mass is 16.3. The smallest absolute Gasteiger partial charge is 0.227 e. The maximum atomic E-state index is 9.84. The lowest BCUT2D eigenvalue weighted by molar-refractivity contribution is 0.465. The van der Waals surface area contributed by atoms with Crippen LogP contribution in [0.3, 0.4) is 0 Å². The lowest BCUT2D eigenvalue weighted by Crippen LogP contribution is -1.89. The fraction of sp³-hybridized carbons (Fsp3) is 0.188. The van der Waals surface area contributed by atoms with Crippen LogP contribution in [0.1, 0.15) is 25.3 Å². The first-order valence-corrected chi connectivity index (χ1v) is 6.34. The quantitative estimate of drug-likeness (QED) is 0.739. The standard InChI is InChI=1S/C16H15NO2/c1-10(2)12-9-11(7-8-14(12)18)16-17-13-5-3-4-6-15(13)19-16/h3-10,18H,1-2H3. The molecule has 0 bridgehead atoms. The molecule has 2 aromatic carbocycles. The fourth-order valence-electron chi connectivity index (χ4n) is 2.15. The van der Waals surface area contributed by atoms with Gasteiger partial charge in [0.05, 0.1) is 0 Å². The van der Waals surface area contributed by atoms with Crippen LogP contribution >= 0.6 is 0 Å². The summed E-state index contributed by atoms with van der Waals surface area (Å²) in [6.07, 6.45) is 0. The summed E-state index contributed by atoms with van der Waals surface area (Å²) >= 11 is 0. The summed E-state index contributed by atoms with van der Waals surface area (Å²) in [5.41, 5.74) is 3.41. The van der Waals surface area contributed by atoms with Crippen molar-refractivity contribution >= 4 is 11.1 Å². The number of nitrogens with zero attached hydrogens (tertiary/aromatic N) is 1. The summed E-state index contributed by atoms with van der Waals surface area (Å²) < 4.78 is 5.74. The fourth-order valence-corrected chi connectivity index (χ4v) is 2.15. The number of phenols is 1. The van der Waals surface area contributed by atoms with Crippen molar-refractivity contribution < 1.29 is 9.52 Å². The molecule has 0 unspecified atom stereocenters. The van der Waals surface area contributed by atoms with Crippen LogP contribution in [-0.2, 0) is 0 Å². The van der Waals surface area contributed by atoms with Gasteiger partial charge in [-0.15, -0.1) is 0 Å². The second-order valence-corrected chi connectivity index (χ2v) is 4.92. The minimum Gasteiger partial charge on any atom is -0.508 e. The van der Waals surface area contributed by atoms with Crippen molar-refractivity contribution in [2.75, 3.05) is 0 Å². The van der Waals surface area contributed by atoms with Gasteiger partial charge in [-0.05, 0) is 41.8 Å². The Bertz CT molecular complexity index is 695. The van der Waals surface area contributed by atoms with Crippen LogP contribution in [0.5, 0.6) is 5.75 Å². The zero-order valence-corrected chi connectivity index (χ0v) is 10.9. The van der Waals surface area contributed by atoms with Crippen LogP contribution in [-0.4, -0.2) is 10.1 Å². The Morgan fingerprint density at radius 2 is 1.89 bits per heavy atom. The van der Waals surface area contributed by atoms with Gasteiger partial charge in [-0.3, -0.25) is 0 Å². The number of hydrogen-bond donors (Lipinski definition) is 1. The largest absolute Gasteiger partial charge is 0.508 e. The number of phenolic OH excluding ortho intramolecular Hbond substituents is 1. The molecule has 96 valence electrons. The van der Waals surface area contributed by atoms with Gasteiger partial charge in [-0.1, -0.05) is 26.0 Å². The molecule has 3 rings (SSSR count). The normalized spacial score (nSPS) is 11.3. The SMILES string of the molecule is CC(C)c1cc(-c2nc3ccccc3o2)ccc1O. The molecule has 1 aromatic heterocycles. The summed E-state index contributed by atoms with van der Waals surface area (Å²) in [4.78, 5) is 4.46.